The maximum Gasteiger partial charge on any atom is 0.0317 e. The van der Waals surface area contributed by atoms with Crippen molar-refractivity contribution in [1.29, 1.82) is 0 Å². The molecule has 16 heavy (non-hydrogen) atoms. The van der Waals surface area contributed by atoms with Crippen molar-refractivity contribution < 1.29 is 0 Å². The van der Waals surface area contributed by atoms with Crippen LogP contribution in [0.1, 0.15) is 16.7 Å². The third kappa shape index (κ3) is 2.34. The minimum atomic E-state index is 0.799. The van der Waals surface area contributed by atoms with E-state index in [0.717, 1.165) is 17.8 Å². The van der Waals surface area contributed by atoms with Crippen LogP contribution in [0.5, 0.6) is 0 Å². The van der Waals surface area contributed by atoms with Crippen LogP contribution in [0.25, 0.3) is 0 Å². The van der Waals surface area contributed by atoms with Gasteiger partial charge in [-0.25, -0.2) is 0 Å². The fourth-order valence-electron chi connectivity index (χ4n) is 1.74. The van der Waals surface area contributed by atoms with Gasteiger partial charge in [-0.1, -0.05) is 18.2 Å². The van der Waals surface area contributed by atoms with Crippen LogP contribution in [-0.4, -0.2) is 0 Å². The number of hydrogen-bond acceptors (Lipinski definition) is 2. The van der Waals surface area contributed by atoms with E-state index in [2.05, 4.69) is 25.1 Å². The highest BCUT2D eigenvalue weighted by atomic mass is 14.5. The van der Waals surface area contributed by atoms with Crippen LogP contribution in [0.4, 0.5) is 11.4 Å². The summed E-state index contributed by atoms with van der Waals surface area (Å²) in [6.07, 6.45) is 0.900. The van der Waals surface area contributed by atoms with Crippen molar-refractivity contribution in [3.8, 4) is 0 Å². The second-order valence-corrected chi connectivity index (χ2v) is 4.10. The second-order valence-electron chi connectivity index (χ2n) is 4.10. The molecule has 0 aromatic heterocycles. The normalized spacial score (nSPS) is 10.3. The summed E-state index contributed by atoms with van der Waals surface area (Å²) in [5.74, 6) is 0. The lowest BCUT2D eigenvalue weighted by molar-refractivity contribution is 1.16. The molecule has 4 N–H and O–H groups in total. The van der Waals surface area contributed by atoms with E-state index in [0.29, 0.717) is 0 Å². The highest BCUT2D eigenvalue weighted by Gasteiger charge is 2.00. The van der Waals surface area contributed by atoms with Gasteiger partial charge < -0.3 is 11.5 Å². The smallest absolute Gasteiger partial charge is 0.0317 e. The summed E-state index contributed by atoms with van der Waals surface area (Å²) in [6, 6.07) is 14.0. The Morgan fingerprint density at radius 1 is 0.875 bits per heavy atom. The lowest BCUT2D eigenvalue weighted by atomic mass is 10.00. The molecule has 0 atom stereocenters. The van der Waals surface area contributed by atoms with E-state index in [-0.39, 0.29) is 0 Å². The van der Waals surface area contributed by atoms with Gasteiger partial charge in [0.25, 0.3) is 0 Å². The topological polar surface area (TPSA) is 52.0 Å². The minimum Gasteiger partial charge on any atom is -0.399 e. The molecule has 0 saturated carbocycles. The van der Waals surface area contributed by atoms with Crippen LogP contribution in [0.3, 0.4) is 0 Å². The van der Waals surface area contributed by atoms with Gasteiger partial charge >= 0.3 is 0 Å². The molecule has 0 aliphatic rings. The molecule has 0 amide bonds. The predicted octanol–water partition coefficient (Wildman–Crippen LogP) is 2.75. The van der Waals surface area contributed by atoms with Gasteiger partial charge in [-0.2, -0.15) is 0 Å². The maximum atomic E-state index is 5.79. The minimum absolute atomic E-state index is 0.799. The number of anilines is 2. The zero-order chi connectivity index (χ0) is 11.5. The predicted molar refractivity (Wildman–Crippen MR) is 69.3 cm³/mol. The highest BCUT2D eigenvalue weighted by Crippen LogP contribution is 2.17. The molecule has 0 bridgehead atoms. The average molecular weight is 212 g/mol. The summed E-state index contributed by atoms with van der Waals surface area (Å²) >= 11 is 0. The standard InChI is InChI=1S/C14H16N2/c1-10-2-5-14(16)9-12(10)8-11-3-6-13(15)7-4-11/h2-7,9H,8,15-16H2,1H3. The molecule has 2 heteroatoms. The molecule has 0 radical (unpaired) electrons. The molecule has 0 aliphatic carbocycles. The van der Waals surface area contributed by atoms with Crippen LogP contribution >= 0.6 is 0 Å². The van der Waals surface area contributed by atoms with Crippen molar-refractivity contribution >= 4 is 11.4 Å². The van der Waals surface area contributed by atoms with Crippen LogP contribution in [0.15, 0.2) is 42.5 Å². The molecule has 82 valence electrons. The molecule has 2 aromatic rings. The Balaban J connectivity index is 2.26. The van der Waals surface area contributed by atoms with E-state index in [9.17, 15) is 0 Å². The Hall–Kier alpha value is -1.96. The summed E-state index contributed by atoms with van der Waals surface area (Å²) in [4.78, 5) is 0. The van der Waals surface area contributed by atoms with Gasteiger partial charge in [0.2, 0.25) is 0 Å². The number of rotatable bonds is 2. The van der Waals surface area contributed by atoms with Crippen LogP contribution in [0, 0.1) is 6.92 Å². The first-order valence-electron chi connectivity index (χ1n) is 5.34. The van der Waals surface area contributed by atoms with Crippen LogP contribution in [-0.2, 0) is 6.42 Å². The monoisotopic (exact) mass is 212 g/mol. The van der Waals surface area contributed by atoms with Crippen molar-refractivity contribution in [2.45, 2.75) is 13.3 Å². The van der Waals surface area contributed by atoms with Crippen LogP contribution in [0.2, 0.25) is 0 Å². The van der Waals surface area contributed by atoms with Gasteiger partial charge in [0.15, 0.2) is 0 Å². The summed E-state index contributed by atoms with van der Waals surface area (Å²) < 4.78 is 0. The Bertz CT molecular complexity index is 487. The lowest BCUT2D eigenvalue weighted by Gasteiger charge is -2.07. The molecule has 0 heterocycles. The van der Waals surface area contributed by atoms with Crippen LogP contribution < -0.4 is 11.5 Å². The second kappa shape index (κ2) is 4.27. The van der Waals surface area contributed by atoms with E-state index in [1.54, 1.807) is 0 Å². The lowest BCUT2D eigenvalue weighted by Crippen LogP contribution is -1.95. The molecule has 2 aromatic carbocycles. The number of benzene rings is 2. The van der Waals surface area contributed by atoms with Crippen molar-refractivity contribution in [3.05, 3.63) is 59.2 Å². The Labute approximate surface area is 95.9 Å². The first-order chi connectivity index (χ1) is 7.65. The van der Waals surface area contributed by atoms with E-state index in [1.165, 1.54) is 16.7 Å². The van der Waals surface area contributed by atoms with Gasteiger partial charge in [-0.3, -0.25) is 0 Å². The molecule has 0 saturated heterocycles. The van der Waals surface area contributed by atoms with Gasteiger partial charge in [-0.15, -0.1) is 0 Å². The van der Waals surface area contributed by atoms with Gasteiger partial charge in [0, 0.05) is 11.4 Å². The third-order valence-electron chi connectivity index (χ3n) is 2.75. The SMILES string of the molecule is Cc1ccc(N)cc1Cc1ccc(N)cc1. The van der Waals surface area contributed by atoms with Gasteiger partial charge in [-0.05, 0) is 54.3 Å². The molecular weight excluding hydrogens is 196 g/mol. The fourth-order valence-corrected chi connectivity index (χ4v) is 1.74. The summed E-state index contributed by atoms with van der Waals surface area (Å²) in [7, 11) is 0. The third-order valence-corrected chi connectivity index (χ3v) is 2.75. The summed E-state index contributed by atoms with van der Waals surface area (Å²) in [6.45, 7) is 2.10. The Morgan fingerprint density at radius 3 is 2.19 bits per heavy atom. The van der Waals surface area contributed by atoms with Crippen molar-refractivity contribution in [2.24, 2.45) is 0 Å². The zero-order valence-corrected chi connectivity index (χ0v) is 9.40. The molecule has 0 fully saturated rings. The Morgan fingerprint density at radius 2 is 1.50 bits per heavy atom. The van der Waals surface area contributed by atoms with Crippen molar-refractivity contribution in [2.75, 3.05) is 11.5 Å². The summed E-state index contributed by atoms with van der Waals surface area (Å²) in [5.41, 5.74) is 16.8. The van der Waals surface area contributed by atoms with E-state index < -0.39 is 0 Å². The van der Waals surface area contributed by atoms with E-state index in [4.69, 9.17) is 11.5 Å². The number of aryl methyl sites for hydroxylation is 1. The highest BCUT2D eigenvalue weighted by molar-refractivity contribution is 5.47. The molecule has 0 aliphatic heterocycles. The first-order valence-corrected chi connectivity index (χ1v) is 5.34. The maximum absolute atomic E-state index is 5.79. The van der Waals surface area contributed by atoms with Crippen molar-refractivity contribution in [1.82, 2.24) is 0 Å². The fraction of sp³-hybridized carbons (Fsp3) is 0.143. The van der Waals surface area contributed by atoms with Crippen molar-refractivity contribution in [3.63, 3.8) is 0 Å². The van der Waals surface area contributed by atoms with Gasteiger partial charge in [0.1, 0.15) is 0 Å². The molecule has 0 unspecified atom stereocenters. The quantitative estimate of drug-likeness (QED) is 0.752. The number of hydrogen-bond donors (Lipinski definition) is 2. The summed E-state index contributed by atoms with van der Waals surface area (Å²) in [5, 5.41) is 0. The molecular formula is C14H16N2. The van der Waals surface area contributed by atoms with E-state index in [1.807, 2.05) is 24.3 Å². The Kier molecular flexibility index (Phi) is 2.82. The molecule has 2 rings (SSSR count). The number of nitrogen functional groups attached to an aromatic ring is 2. The zero-order valence-electron chi connectivity index (χ0n) is 9.40. The van der Waals surface area contributed by atoms with Gasteiger partial charge in [0.05, 0.1) is 0 Å². The molecule has 0 spiro atoms. The first kappa shape index (κ1) is 10.6. The number of nitrogens with two attached hydrogens (primary N) is 2. The average Bonchev–Trinajstić information content (AvgIpc) is 2.27. The van der Waals surface area contributed by atoms with E-state index >= 15 is 0 Å². The largest absolute Gasteiger partial charge is 0.399 e. The molecule has 2 nitrogen and oxygen atoms in total.